The van der Waals surface area contributed by atoms with Gasteiger partial charge < -0.3 is 25.3 Å². The Labute approximate surface area is 138 Å². The lowest BCUT2D eigenvalue weighted by atomic mass is 9.77. The SMILES string of the molecule is NC(=O)CN1CC(Oc2ccc3c(c2C(=O)O)OB(O)[C@@H]2C[C@H]32)C1. The zero-order valence-electron chi connectivity index (χ0n) is 12.8. The Morgan fingerprint density at radius 1 is 1.42 bits per heavy atom. The van der Waals surface area contributed by atoms with Crippen LogP contribution in [0.5, 0.6) is 11.5 Å². The minimum atomic E-state index is -1.15. The molecular formula is C15H17BN2O6. The van der Waals surface area contributed by atoms with Crippen LogP contribution >= 0.6 is 0 Å². The van der Waals surface area contributed by atoms with E-state index in [9.17, 15) is 19.7 Å². The summed E-state index contributed by atoms with van der Waals surface area (Å²) in [6.07, 6.45) is 0.598. The van der Waals surface area contributed by atoms with Gasteiger partial charge in [-0.2, -0.15) is 0 Å². The van der Waals surface area contributed by atoms with Crippen molar-refractivity contribution in [1.82, 2.24) is 4.90 Å². The van der Waals surface area contributed by atoms with Gasteiger partial charge in [0, 0.05) is 18.9 Å². The van der Waals surface area contributed by atoms with Crippen molar-refractivity contribution in [3.8, 4) is 11.5 Å². The summed E-state index contributed by atoms with van der Waals surface area (Å²) >= 11 is 0. The highest BCUT2D eigenvalue weighted by Crippen LogP contribution is 2.60. The number of fused-ring (bicyclic) bond motifs is 3. The number of hydrogen-bond acceptors (Lipinski definition) is 6. The van der Waals surface area contributed by atoms with Crippen LogP contribution in [0.3, 0.4) is 0 Å². The van der Waals surface area contributed by atoms with Gasteiger partial charge in [-0.1, -0.05) is 6.07 Å². The molecule has 4 N–H and O–H groups in total. The summed E-state index contributed by atoms with van der Waals surface area (Å²) in [5, 5.41) is 19.5. The molecule has 2 fully saturated rings. The number of carboxylic acids is 1. The van der Waals surface area contributed by atoms with Crippen LogP contribution in [0, 0.1) is 0 Å². The van der Waals surface area contributed by atoms with Crippen LogP contribution in [0.1, 0.15) is 28.3 Å². The fourth-order valence-electron chi connectivity index (χ4n) is 3.52. The zero-order valence-corrected chi connectivity index (χ0v) is 12.8. The molecule has 2 aliphatic heterocycles. The largest absolute Gasteiger partial charge is 0.535 e. The molecule has 2 atom stereocenters. The summed E-state index contributed by atoms with van der Waals surface area (Å²) in [7, 11) is -0.967. The van der Waals surface area contributed by atoms with Gasteiger partial charge in [-0.3, -0.25) is 9.69 Å². The molecule has 4 rings (SSSR count). The molecule has 1 amide bonds. The van der Waals surface area contributed by atoms with Gasteiger partial charge in [0.1, 0.15) is 23.2 Å². The summed E-state index contributed by atoms with van der Waals surface area (Å²) in [5.74, 6) is -0.919. The minimum absolute atomic E-state index is 0.0507. The third-order valence-corrected chi connectivity index (χ3v) is 4.80. The van der Waals surface area contributed by atoms with Gasteiger partial charge in [0.25, 0.3) is 0 Å². The summed E-state index contributed by atoms with van der Waals surface area (Å²) in [5.41, 5.74) is 5.90. The van der Waals surface area contributed by atoms with Gasteiger partial charge in [-0.15, -0.1) is 0 Å². The number of likely N-dealkylation sites (tertiary alicyclic amines) is 1. The molecule has 2 heterocycles. The van der Waals surface area contributed by atoms with E-state index in [2.05, 4.69) is 0 Å². The molecule has 1 saturated carbocycles. The van der Waals surface area contributed by atoms with Gasteiger partial charge in [-0.25, -0.2) is 4.79 Å². The molecule has 9 heteroatoms. The molecule has 0 spiro atoms. The first kappa shape index (κ1) is 15.3. The molecule has 8 nitrogen and oxygen atoms in total. The van der Waals surface area contributed by atoms with Crippen molar-refractivity contribution in [2.24, 2.45) is 5.73 Å². The normalized spacial score (nSPS) is 25.1. The van der Waals surface area contributed by atoms with Crippen LogP contribution in [-0.2, 0) is 4.79 Å². The second-order valence-electron chi connectivity index (χ2n) is 6.58. The van der Waals surface area contributed by atoms with Crippen molar-refractivity contribution in [1.29, 1.82) is 0 Å². The lowest BCUT2D eigenvalue weighted by molar-refractivity contribution is -0.121. The first-order valence-corrected chi connectivity index (χ1v) is 7.86. The smallest absolute Gasteiger partial charge is 0.526 e. The molecule has 3 aliphatic rings. The van der Waals surface area contributed by atoms with Crippen molar-refractivity contribution >= 4 is 19.0 Å². The average molecular weight is 332 g/mol. The van der Waals surface area contributed by atoms with Crippen LogP contribution in [0.2, 0.25) is 5.82 Å². The summed E-state index contributed by atoms with van der Waals surface area (Å²) < 4.78 is 11.2. The molecular weight excluding hydrogens is 315 g/mol. The number of primary amides is 1. The third kappa shape index (κ3) is 2.49. The fourth-order valence-corrected chi connectivity index (χ4v) is 3.52. The van der Waals surface area contributed by atoms with Gasteiger partial charge in [0.2, 0.25) is 5.91 Å². The monoisotopic (exact) mass is 332 g/mol. The lowest BCUT2D eigenvalue weighted by Crippen LogP contribution is -2.56. The highest BCUT2D eigenvalue weighted by atomic mass is 16.5. The Bertz CT molecular complexity index is 720. The number of nitrogens with two attached hydrogens (primary N) is 1. The molecule has 126 valence electrons. The topological polar surface area (TPSA) is 122 Å². The Balaban J connectivity index is 1.55. The van der Waals surface area contributed by atoms with E-state index < -0.39 is 19.0 Å². The Morgan fingerprint density at radius 2 is 2.17 bits per heavy atom. The van der Waals surface area contributed by atoms with Crippen LogP contribution < -0.4 is 15.1 Å². The highest BCUT2D eigenvalue weighted by Gasteiger charge is 2.54. The van der Waals surface area contributed by atoms with Crippen molar-refractivity contribution in [3.63, 3.8) is 0 Å². The van der Waals surface area contributed by atoms with E-state index in [-0.39, 0.29) is 41.4 Å². The molecule has 0 unspecified atom stereocenters. The molecule has 0 radical (unpaired) electrons. The third-order valence-electron chi connectivity index (χ3n) is 4.80. The van der Waals surface area contributed by atoms with Crippen LogP contribution in [-0.4, -0.2) is 59.8 Å². The summed E-state index contributed by atoms with van der Waals surface area (Å²) in [4.78, 5) is 24.4. The lowest BCUT2D eigenvalue weighted by Gasteiger charge is -2.38. The van der Waals surface area contributed by atoms with E-state index in [1.165, 1.54) is 0 Å². The summed E-state index contributed by atoms with van der Waals surface area (Å²) in [6.45, 7) is 1.18. The number of aromatic carboxylic acids is 1. The molecule has 0 aromatic heterocycles. The van der Waals surface area contributed by atoms with Gasteiger partial charge >= 0.3 is 13.1 Å². The number of carbonyl (C=O) groups excluding carboxylic acids is 1. The number of carboxylic acid groups (broad SMARTS) is 1. The van der Waals surface area contributed by atoms with Gasteiger partial charge in [0.15, 0.2) is 0 Å². The minimum Gasteiger partial charge on any atom is -0.535 e. The average Bonchev–Trinajstić information content (AvgIpc) is 3.25. The standard InChI is InChI=1S/C15H17BN2O6/c17-12(19)6-18-4-7(5-18)23-11-2-1-8-9-3-10(9)16(22)24-14(8)13(11)15(20)21/h1-2,7,9-10,22H,3-6H2,(H2,17,19)(H,20,21)/t9-,10-/m1/s1. The molecule has 24 heavy (non-hydrogen) atoms. The number of nitrogens with zero attached hydrogens (tertiary/aromatic N) is 1. The number of benzene rings is 1. The van der Waals surface area contributed by atoms with E-state index in [0.29, 0.717) is 13.1 Å². The van der Waals surface area contributed by atoms with Crippen molar-refractivity contribution in [2.45, 2.75) is 24.3 Å². The van der Waals surface area contributed by atoms with Crippen LogP contribution in [0.25, 0.3) is 0 Å². The van der Waals surface area contributed by atoms with E-state index in [0.717, 1.165) is 12.0 Å². The first-order chi connectivity index (χ1) is 11.4. The van der Waals surface area contributed by atoms with E-state index in [4.69, 9.17) is 15.1 Å². The summed E-state index contributed by atoms with van der Waals surface area (Å²) in [6, 6.07) is 3.46. The second kappa shape index (κ2) is 5.39. The predicted octanol–water partition coefficient (Wildman–Crippen LogP) is -0.336. The van der Waals surface area contributed by atoms with Crippen molar-refractivity contribution in [3.05, 3.63) is 23.3 Å². The van der Waals surface area contributed by atoms with E-state index >= 15 is 0 Å². The zero-order chi connectivity index (χ0) is 17.0. The van der Waals surface area contributed by atoms with Crippen molar-refractivity contribution < 1.29 is 29.1 Å². The highest BCUT2D eigenvalue weighted by molar-refractivity contribution is 6.48. The Morgan fingerprint density at radius 3 is 2.83 bits per heavy atom. The molecule has 1 aliphatic carbocycles. The number of ether oxygens (including phenoxy) is 1. The quantitative estimate of drug-likeness (QED) is 0.631. The predicted molar refractivity (Wildman–Crippen MR) is 83.2 cm³/mol. The second-order valence-corrected chi connectivity index (χ2v) is 6.58. The molecule has 1 aromatic rings. The van der Waals surface area contributed by atoms with Gasteiger partial charge in [-0.05, 0) is 24.0 Å². The van der Waals surface area contributed by atoms with Crippen LogP contribution in [0.4, 0.5) is 0 Å². The number of amides is 1. The van der Waals surface area contributed by atoms with E-state index in [1.807, 2.05) is 11.0 Å². The first-order valence-electron chi connectivity index (χ1n) is 7.86. The maximum atomic E-state index is 11.7. The van der Waals surface area contributed by atoms with E-state index in [1.54, 1.807) is 6.07 Å². The number of carbonyl (C=O) groups is 2. The Hall–Kier alpha value is -2.26. The molecule has 1 aromatic carbocycles. The fraction of sp³-hybridized carbons (Fsp3) is 0.467. The molecule has 1 saturated heterocycles. The molecule has 0 bridgehead atoms. The maximum Gasteiger partial charge on any atom is 0.526 e. The van der Waals surface area contributed by atoms with Crippen LogP contribution in [0.15, 0.2) is 12.1 Å². The maximum absolute atomic E-state index is 11.7. The van der Waals surface area contributed by atoms with Crippen molar-refractivity contribution in [2.75, 3.05) is 19.6 Å². The number of hydrogen-bond donors (Lipinski definition) is 3. The Kier molecular flexibility index (Phi) is 3.43. The van der Waals surface area contributed by atoms with Gasteiger partial charge in [0.05, 0.1) is 6.54 Å². The number of rotatable bonds is 5.